The fourth-order valence-corrected chi connectivity index (χ4v) is 5.17. The van der Waals surface area contributed by atoms with Crippen molar-refractivity contribution >= 4 is 5.97 Å². The molecule has 1 aromatic rings. The molecule has 0 spiro atoms. The van der Waals surface area contributed by atoms with Crippen molar-refractivity contribution in [2.45, 2.75) is 88.8 Å². The molecule has 1 aliphatic heterocycles. The average Bonchev–Trinajstić information content (AvgIpc) is 2.97. The normalized spacial score (nSPS) is 22.9. The summed E-state index contributed by atoms with van der Waals surface area (Å²) < 4.78 is 16.9. The Labute approximate surface area is 238 Å². The van der Waals surface area contributed by atoms with E-state index >= 15 is 0 Å². The van der Waals surface area contributed by atoms with Crippen LogP contribution in [0.1, 0.15) is 63.9 Å². The summed E-state index contributed by atoms with van der Waals surface area (Å²) in [6.07, 6.45) is 14.7. The minimum atomic E-state index is -1.65. The molecule has 1 fully saturated rings. The van der Waals surface area contributed by atoms with Gasteiger partial charge in [-0.1, -0.05) is 68.4 Å². The molecule has 2 aliphatic rings. The van der Waals surface area contributed by atoms with Crippen LogP contribution in [0.2, 0.25) is 0 Å². The highest BCUT2D eigenvalue weighted by atomic mass is 16.5. The second kappa shape index (κ2) is 16.4. The Hall–Kier alpha value is -2.89. The third-order valence-corrected chi connectivity index (χ3v) is 7.67. The monoisotopic (exact) mass is 552 g/mol. The average molecular weight is 553 g/mol. The molecule has 218 valence electrons. The van der Waals surface area contributed by atoms with Crippen LogP contribution in [0.25, 0.3) is 0 Å². The number of methoxy groups -OCH3 is 1. The first-order valence-corrected chi connectivity index (χ1v) is 14.4. The van der Waals surface area contributed by atoms with Gasteiger partial charge in [-0.2, -0.15) is 0 Å². The molecule has 5 atom stereocenters. The molecule has 7 nitrogen and oxygen atoms in total. The highest BCUT2D eigenvalue weighted by Gasteiger charge is 2.37. The van der Waals surface area contributed by atoms with Crippen LogP contribution in [0.15, 0.2) is 60.7 Å². The van der Waals surface area contributed by atoms with Crippen molar-refractivity contribution in [2.75, 3.05) is 13.7 Å². The highest BCUT2D eigenvalue weighted by molar-refractivity contribution is 5.83. The standard InChI is InChI=1S/C33H44O7/c1-3-27-15-18-32(36)40-30(27)19-20-33(37,21-22-34)31(39-24-26-13-16-29(38-2)17-14-26)23-28(35)12-8-7-11-25-9-5-4-6-10-25/h7,11,13-20,25,27-28,30-31,34-35,37H,3-6,9-10,21-24H2,1-2H3/b11-7-,20-19+/t27-,28-,30-,31+,33-/m0/s1. The zero-order valence-electron chi connectivity index (χ0n) is 23.7. The molecular formula is C33H44O7. The Morgan fingerprint density at radius 1 is 1.18 bits per heavy atom. The largest absolute Gasteiger partial charge is 0.497 e. The van der Waals surface area contributed by atoms with Gasteiger partial charge < -0.3 is 29.5 Å². The van der Waals surface area contributed by atoms with Crippen LogP contribution < -0.4 is 4.74 Å². The summed E-state index contributed by atoms with van der Waals surface area (Å²) in [7, 11) is 1.60. The van der Waals surface area contributed by atoms with Crippen LogP contribution in [0.4, 0.5) is 0 Å². The van der Waals surface area contributed by atoms with Gasteiger partial charge in [0.1, 0.15) is 23.6 Å². The summed E-state index contributed by atoms with van der Waals surface area (Å²) >= 11 is 0. The summed E-state index contributed by atoms with van der Waals surface area (Å²) in [6.45, 7) is 1.85. The molecule has 3 rings (SSSR count). The molecule has 0 unspecified atom stereocenters. The number of hydrogen-bond acceptors (Lipinski definition) is 7. The second-order valence-corrected chi connectivity index (χ2v) is 10.6. The van der Waals surface area contributed by atoms with E-state index in [-0.39, 0.29) is 32.0 Å². The van der Waals surface area contributed by atoms with Crippen LogP contribution in [0, 0.1) is 23.7 Å². The lowest BCUT2D eigenvalue weighted by Gasteiger charge is -2.35. The number of aliphatic hydroxyl groups excluding tert-OH is 2. The number of benzene rings is 1. The van der Waals surface area contributed by atoms with Crippen molar-refractivity contribution < 1.29 is 34.3 Å². The van der Waals surface area contributed by atoms with E-state index in [1.807, 2.05) is 43.3 Å². The van der Waals surface area contributed by atoms with Crippen molar-refractivity contribution in [2.24, 2.45) is 11.8 Å². The molecule has 0 saturated heterocycles. The molecule has 1 aromatic carbocycles. The SMILES string of the molecule is CC[C@H]1C=CC(=O)O[C@H]1/C=C/[C@](O)(CCO)[C@@H](C[C@@H](O)C#C/C=C\C1CCCCC1)OCc1ccc(OC)cc1. The topological polar surface area (TPSA) is 105 Å². The molecule has 1 aliphatic carbocycles. The van der Waals surface area contributed by atoms with Crippen molar-refractivity contribution in [3.8, 4) is 17.6 Å². The van der Waals surface area contributed by atoms with Crippen LogP contribution >= 0.6 is 0 Å². The molecule has 7 heteroatoms. The molecule has 40 heavy (non-hydrogen) atoms. The number of carbonyl (C=O) groups excluding carboxylic acids is 1. The third kappa shape index (κ3) is 9.94. The Balaban J connectivity index is 1.78. The maximum absolute atomic E-state index is 11.9. The summed E-state index contributed by atoms with van der Waals surface area (Å²) in [6, 6.07) is 7.37. The molecule has 0 amide bonds. The predicted molar refractivity (Wildman–Crippen MR) is 154 cm³/mol. The van der Waals surface area contributed by atoms with Crippen LogP contribution in [-0.4, -0.2) is 58.9 Å². The third-order valence-electron chi connectivity index (χ3n) is 7.67. The zero-order valence-corrected chi connectivity index (χ0v) is 23.7. The Kier molecular flexibility index (Phi) is 13.0. The van der Waals surface area contributed by atoms with Crippen molar-refractivity contribution in [1.82, 2.24) is 0 Å². The number of ether oxygens (including phenoxy) is 3. The highest BCUT2D eigenvalue weighted by Crippen LogP contribution is 2.29. The van der Waals surface area contributed by atoms with Gasteiger partial charge in [-0.05, 0) is 55.0 Å². The quantitative estimate of drug-likeness (QED) is 0.186. The fraction of sp³-hybridized carbons (Fsp3) is 0.545. The Bertz CT molecular complexity index is 1060. The van der Waals surface area contributed by atoms with E-state index in [0.717, 1.165) is 12.0 Å². The van der Waals surface area contributed by atoms with E-state index in [0.29, 0.717) is 11.7 Å². The smallest absolute Gasteiger partial charge is 0.331 e. The van der Waals surface area contributed by atoms with Gasteiger partial charge in [0.05, 0.1) is 19.8 Å². The van der Waals surface area contributed by atoms with Crippen molar-refractivity contribution in [1.29, 1.82) is 0 Å². The number of hydrogen-bond donors (Lipinski definition) is 3. The first kappa shape index (κ1) is 31.6. The maximum atomic E-state index is 11.9. The molecule has 0 aromatic heterocycles. The first-order valence-electron chi connectivity index (χ1n) is 14.4. The van der Waals surface area contributed by atoms with Gasteiger partial charge in [0.15, 0.2) is 0 Å². The Morgan fingerprint density at radius 2 is 1.93 bits per heavy atom. The van der Waals surface area contributed by atoms with Gasteiger partial charge in [0.25, 0.3) is 0 Å². The first-order chi connectivity index (χ1) is 19.4. The predicted octanol–water partition coefficient (Wildman–Crippen LogP) is 4.65. The number of esters is 1. The van der Waals surface area contributed by atoms with Gasteiger partial charge in [0.2, 0.25) is 0 Å². The molecule has 0 bridgehead atoms. The number of aliphatic hydroxyl groups is 3. The fourth-order valence-electron chi connectivity index (χ4n) is 5.17. The van der Waals surface area contributed by atoms with Gasteiger partial charge in [-0.25, -0.2) is 4.79 Å². The molecule has 1 heterocycles. The number of carbonyl (C=O) groups is 1. The van der Waals surface area contributed by atoms with Gasteiger partial charge >= 0.3 is 5.97 Å². The summed E-state index contributed by atoms with van der Waals surface area (Å²) in [5.74, 6) is 6.58. The molecule has 3 N–H and O–H groups in total. The lowest BCUT2D eigenvalue weighted by atomic mass is 9.86. The van der Waals surface area contributed by atoms with E-state index < -0.39 is 29.9 Å². The Morgan fingerprint density at radius 3 is 2.60 bits per heavy atom. The van der Waals surface area contributed by atoms with E-state index in [4.69, 9.17) is 14.2 Å². The van der Waals surface area contributed by atoms with Gasteiger partial charge in [-0.15, -0.1) is 0 Å². The van der Waals surface area contributed by atoms with Crippen LogP contribution in [0.3, 0.4) is 0 Å². The molecular weight excluding hydrogens is 508 g/mol. The van der Waals surface area contributed by atoms with Crippen molar-refractivity contribution in [3.63, 3.8) is 0 Å². The summed E-state index contributed by atoms with van der Waals surface area (Å²) in [5, 5.41) is 32.4. The van der Waals surface area contributed by atoms with Gasteiger partial charge in [0, 0.05) is 31.4 Å². The van der Waals surface area contributed by atoms with Crippen molar-refractivity contribution in [3.05, 3.63) is 66.3 Å². The van der Waals surface area contributed by atoms with Crippen LogP contribution in [0.5, 0.6) is 5.75 Å². The lowest BCUT2D eigenvalue weighted by molar-refractivity contribution is -0.144. The summed E-state index contributed by atoms with van der Waals surface area (Å²) in [5.41, 5.74) is -0.789. The lowest BCUT2D eigenvalue weighted by Crippen LogP contribution is -2.45. The van der Waals surface area contributed by atoms with E-state index in [1.165, 1.54) is 44.3 Å². The minimum Gasteiger partial charge on any atom is -0.497 e. The molecule has 0 radical (unpaired) electrons. The van der Waals surface area contributed by atoms with E-state index in [9.17, 15) is 20.1 Å². The van der Waals surface area contributed by atoms with Gasteiger partial charge in [-0.3, -0.25) is 0 Å². The number of allylic oxidation sites excluding steroid dienone is 2. The zero-order chi connectivity index (χ0) is 28.8. The van der Waals surface area contributed by atoms with E-state index in [2.05, 4.69) is 17.9 Å². The second-order valence-electron chi connectivity index (χ2n) is 10.6. The number of rotatable bonds is 13. The molecule has 1 saturated carbocycles. The number of cyclic esters (lactones) is 1. The summed E-state index contributed by atoms with van der Waals surface area (Å²) in [4.78, 5) is 11.9. The minimum absolute atomic E-state index is 0.0167. The van der Waals surface area contributed by atoms with Crippen LogP contribution in [-0.2, 0) is 20.9 Å². The van der Waals surface area contributed by atoms with E-state index in [1.54, 1.807) is 13.2 Å². The maximum Gasteiger partial charge on any atom is 0.331 e.